The fourth-order valence-electron chi connectivity index (χ4n) is 5.83. The van der Waals surface area contributed by atoms with Gasteiger partial charge in [0.1, 0.15) is 0 Å². The highest BCUT2D eigenvalue weighted by Crippen LogP contribution is 2.41. The van der Waals surface area contributed by atoms with Crippen LogP contribution in [-0.4, -0.2) is 0 Å². The minimum atomic E-state index is 0.647. The Kier molecular flexibility index (Phi) is 5.66. The first-order valence-electron chi connectivity index (χ1n) is 13.6. The summed E-state index contributed by atoms with van der Waals surface area (Å²) in [6.45, 7) is 0. The molecule has 0 atom stereocenters. The molecule has 4 heteroatoms. The largest absolute Gasteiger partial charge is 0.192 e. The van der Waals surface area contributed by atoms with Crippen LogP contribution in [0.2, 0.25) is 0 Å². The molecule has 194 valence electrons. The molecule has 6 aromatic carbocycles. The Morgan fingerprint density at radius 2 is 0.929 bits per heavy atom. The lowest BCUT2D eigenvalue weighted by atomic mass is 9.92. The number of hydrogen-bond donors (Lipinski definition) is 0. The fourth-order valence-corrected chi connectivity index (χ4v) is 8.04. The van der Waals surface area contributed by atoms with E-state index in [1.165, 1.54) is 35.0 Å². The van der Waals surface area contributed by atoms with Crippen LogP contribution in [0.15, 0.2) is 121 Å². The molecule has 0 saturated carbocycles. The van der Waals surface area contributed by atoms with Gasteiger partial charge in [0.25, 0.3) is 0 Å². The number of thiophene rings is 2. The number of hydrogen-bond acceptors (Lipinski definition) is 4. The van der Waals surface area contributed by atoms with Crippen LogP contribution in [0.1, 0.15) is 11.1 Å². The molecule has 0 radical (unpaired) electrons. The van der Waals surface area contributed by atoms with Crippen molar-refractivity contribution >= 4 is 63.0 Å². The summed E-state index contributed by atoms with van der Waals surface area (Å²) in [4.78, 5) is 0. The van der Waals surface area contributed by atoms with Gasteiger partial charge in [-0.25, -0.2) is 0 Å². The van der Waals surface area contributed by atoms with Gasteiger partial charge in [0, 0.05) is 40.3 Å². The normalized spacial score (nSPS) is 11.3. The average molecular weight is 569 g/mol. The Bertz CT molecular complexity index is 2450. The van der Waals surface area contributed by atoms with Crippen molar-refractivity contribution in [1.29, 1.82) is 10.5 Å². The summed E-state index contributed by atoms with van der Waals surface area (Å²) < 4.78 is 4.96. The molecule has 2 nitrogen and oxygen atoms in total. The van der Waals surface area contributed by atoms with Gasteiger partial charge in [-0.2, -0.15) is 10.5 Å². The van der Waals surface area contributed by atoms with Crippen molar-refractivity contribution in [3.8, 4) is 45.5 Å². The van der Waals surface area contributed by atoms with E-state index in [0.29, 0.717) is 11.1 Å². The molecule has 2 heterocycles. The molecule has 0 bridgehead atoms. The van der Waals surface area contributed by atoms with E-state index in [1.807, 2.05) is 47.7 Å². The molecule has 0 spiro atoms. The molecular formula is C38H20N2S2. The van der Waals surface area contributed by atoms with E-state index < -0.39 is 0 Å². The highest BCUT2D eigenvalue weighted by molar-refractivity contribution is 7.26. The lowest BCUT2D eigenvalue weighted by molar-refractivity contribution is 1.48. The molecule has 0 unspecified atom stereocenters. The van der Waals surface area contributed by atoms with Gasteiger partial charge in [0.05, 0.1) is 23.3 Å². The predicted octanol–water partition coefficient (Wildman–Crippen LogP) is 11.2. The molecule has 8 rings (SSSR count). The van der Waals surface area contributed by atoms with Crippen LogP contribution in [0.4, 0.5) is 0 Å². The van der Waals surface area contributed by atoms with Crippen LogP contribution in [0.25, 0.3) is 73.7 Å². The molecule has 0 saturated heterocycles. The highest BCUT2D eigenvalue weighted by Gasteiger charge is 2.13. The van der Waals surface area contributed by atoms with Gasteiger partial charge in [-0.05, 0) is 106 Å². The molecule has 0 aliphatic carbocycles. The zero-order valence-electron chi connectivity index (χ0n) is 22.3. The first-order chi connectivity index (χ1) is 20.7. The van der Waals surface area contributed by atoms with Crippen LogP contribution >= 0.6 is 22.7 Å². The lowest BCUT2D eigenvalue weighted by Crippen LogP contribution is -1.87. The van der Waals surface area contributed by atoms with Gasteiger partial charge < -0.3 is 0 Å². The van der Waals surface area contributed by atoms with E-state index >= 15 is 0 Å². The van der Waals surface area contributed by atoms with E-state index in [9.17, 15) is 10.5 Å². The zero-order chi connectivity index (χ0) is 28.2. The molecule has 0 aliphatic rings. The summed E-state index contributed by atoms with van der Waals surface area (Å²) in [5, 5.41) is 23.8. The van der Waals surface area contributed by atoms with Crippen LogP contribution < -0.4 is 0 Å². The summed E-state index contributed by atoms with van der Waals surface area (Å²) in [5.41, 5.74) is 7.98. The van der Waals surface area contributed by atoms with Gasteiger partial charge in [-0.1, -0.05) is 48.5 Å². The first kappa shape index (κ1) is 24.5. The van der Waals surface area contributed by atoms with Gasteiger partial charge in [0.2, 0.25) is 0 Å². The molecule has 2 aromatic heterocycles. The van der Waals surface area contributed by atoms with Crippen molar-refractivity contribution in [1.82, 2.24) is 0 Å². The van der Waals surface area contributed by atoms with Gasteiger partial charge in [0.15, 0.2) is 0 Å². The van der Waals surface area contributed by atoms with Gasteiger partial charge in [-0.3, -0.25) is 0 Å². The maximum atomic E-state index is 9.57. The van der Waals surface area contributed by atoms with Crippen molar-refractivity contribution < 1.29 is 0 Å². The number of rotatable bonds is 3. The molecular weight excluding hydrogens is 549 g/mol. The Labute approximate surface area is 250 Å². The lowest BCUT2D eigenvalue weighted by Gasteiger charge is -2.12. The molecule has 42 heavy (non-hydrogen) atoms. The second-order valence-electron chi connectivity index (χ2n) is 10.4. The summed E-state index contributed by atoms with van der Waals surface area (Å²) >= 11 is 3.58. The summed E-state index contributed by atoms with van der Waals surface area (Å²) in [7, 11) is 0. The molecule has 8 aromatic rings. The standard InChI is InChI=1S/C38H20N2S2/c39-21-23-4-3-5-25(14-23)28-16-29(26-10-13-37-34(19-26)31-6-1-2-7-35(31)41-37)18-30(17-28)27-9-11-32-33-15-24(22-40)8-12-36(33)42-38(32)20-27/h1-20H. The third-order valence-electron chi connectivity index (χ3n) is 7.90. The van der Waals surface area contributed by atoms with Crippen molar-refractivity contribution in [2.45, 2.75) is 0 Å². The Morgan fingerprint density at radius 1 is 0.357 bits per heavy atom. The van der Waals surface area contributed by atoms with Crippen molar-refractivity contribution in [2.24, 2.45) is 0 Å². The monoisotopic (exact) mass is 568 g/mol. The number of nitrogens with zero attached hydrogens (tertiary/aromatic N) is 2. The number of nitriles is 2. The molecule has 0 N–H and O–H groups in total. The Balaban J connectivity index is 1.33. The fraction of sp³-hybridized carbons (Fsp3) is 0. The third kappa shape index (κ3) is 4.06. The van der Waals surface area contributed by atoms with E-state index in [4.69, 9.17) is 0 Å². The van der Waals surface area contributed by atoms with Crippen LogP contribution in [0.3, 0.4) is 0 Å². The molecule has 0 aliphatic heterocycles. The van der Waals surface area contributed by atoms with Crippen molar-refractivity contribution in [3.05, 3.63) is 132 Å². The smallest absolute Gasteiger partial charge is 0.0991 e. The highest BCUT2D eigenvalue weighted by atomic mass is 32.1. The topological polar surface area (TPSA) is 47.6 Å². The first-order valence-corrected chi connectivity index (χ1v) is 15.2. The zero-order valence-corrected chi connectivity index (χ0v) is 23.9. The second kappa shape index (κ2) is 9.68. The number of fused-ring (bicyclic) bond motifs is 6. The quantitative estimate of drug-likeness (QED) is 0.213. The van der Waals surface area contributed by atoms with E-state index in [0.717, 1.165) is 38.8 Å². The minimum Gasteiger partial charge on any atom is -0.192 e. The van der Waals surface area contributed by atoms with E-state index in [2.05, 4.69) is 97.1 Å². The maximum absolute atomic E-state index is 9.57. The van der Waals surface area contributed by atoms with Crippen LogP contribution in [0, 0.1) is 22.7 Å². The average Bonchev–Trinajstić information content (AvgIpc) is 3.61. The SMILES string of the molecule is N#Cc1cccc(-c2cc(-c3ccc4c(c3)sc3ccc(C#N)cc34)cc(-c3ccc4sc5ccccc5c4c3)c2)c1. The van der Waals surface area contributed by atoms with Crippen molar-refractivity contribution in [3.63, 3.8) is 0 Å². The molecule has 0 fully saturated rings. The second-order valence-corrected chi connectivity index (χ2v) is 12.6. The van der Waals surface area contributed by atoms with Crippen LogP contribution in [0.5, 0.6) is 0 Å². The Morgan fingerprint density at radius 3 is 1.71 bits per heavy atom. The van der Waals surface area contributed by atoms with Gasteiger partial charge in [-0.15, -0.1) is 22.7 Å². The Hall–Kier alpha value is -5.26. The summed E-state index contributed by atoms with van der Waals surface area (Å²) in [6, 6.07) is 47.0. The predicted molar refractivity (Wildman–Crippen MR) is 178 cm³/mol. The number of benzene rings is 6. The third-order valence-corrected chi connectivity index (χ3v) is 10.2. The van der Waals surface area contributed by atoms with E-state index in [-0.39, 0.29) is 0 Å². The maximum Gasteiger partial charge on any atom is 0.0991 e. The van der Waals surface area contributed by atoms with Gasteiger partial charge >= 0.3 is 0 Å². The molecule has 0 amide bonds. The van der Waals surface area contributed by atoms with Crippen LogP contribution in [-0.2, 0) is 0 Å². The van der Waals surface area contributed by atoms with Crippen molar-refractivity contribution in [2.75, 3.05) is 0 Å². The van der Waals surface area contributed by atoms with E-state index in [1.54, 1.807) is 11.3 Å². The minimum absolute atomic E-state index is 0.647. The summed E-state index contributed by atoms with van der Waals surface area (Å²) in [6.07, 6.45) is 0. The summed E-state index contributed by atoms with van der Waals surface area (Å²) in [5.74, 6) is 0.